The predicted molar refractivity (Wildman–Crippen MR) is 163 cm³/mol. The van der Waals surface area contributed by atoms with Gasteiger partial charge in [-0.05, 0) is 52.7 Å². The molecular weight excluding hydrogens is 574 g/mol. The van der Waals surface area contributed by atoms with Crippen LogP contribution in [-0.2, 0) is 28.4 Å². The first-order valence-corrected chi connectivity index (χ1v) is 15.9. The lowest BCUT2D eigenvalue weighted by molar-refractivity contribution is 0.0497. The number of imidazole rings is 1. The van der Waals surface area contributed by atoms with Gasteiger partial charge in [-0.1, -0.05) is 0 Å². The first-order valence-electron chi connectivity index (χ1n) is 14.0. The van der Waals surface area contributed by atoms with Crippen molar-refractivity contribution in [3.05, 3.63) is 47.7 Å². The molecule has 1 fully saturated rings. The molecule has 1 aliphatic rings. The second-order valence-electron chi connectivity index (χ2n) is 11.8. The molecule has 15 heteroatoms. The predicted octanol–water partition coefficient (Wildman–Crippen LogP) is 2.72. The smallest absolute Gasteiger partial charge is 0.407 e. The summed E-state index contributed by atoms with van der Waals surface area (Å²) in [6, 6.07) is 3.70. The number of hydrogen-bond acceptors (Lipinski definition) is 9. The molecule has 2 amide bonds. The molecule has 4 aromatic rings. The fourth-order valence-corrected chi connectivity index (χ4v) is 5.56. The summed E-state index contributed by atoms with van der Waals surface area (Å²) in [5, 5.41) is 11.3. The molecule has 1 saturated heterocycles. The van der Waals surface area contributed by atoms with E-state index in [4.69, 9.17) is 4.74 Å². The van der Waals surface area contributed by atoms with E-state index in [1.165, 1.54) is 0 Å². The Kier molecular flexibility index (Phi) is 8.05. The van der Waals surface area contributed by atoms with E-state index >= 15 is 0 Å². The summed E-state index contributed by atoms with van der Waals surface area (Å²) >= 11 is 0. The van der Waals surface area contributed by atoms with Crippen molar-refractivity contribution >= 4 is 50.1 Å². The Morgan fingerprint density at radius 3 is 2.49 bits per heavy atom. The first kappa shape index (κ1) is 30.2. The van der Waals surface area contributed by atoms with Crippen LogP contribution in [0.1, 0.15) is 55.4 Å². The van der Waals surface area contributed by atoms with Crippen molar-refractivity contribution in [1.29, 1.82) is 0 Å². The number of ether oxygens (including phenoxy) is 1. The van der Waals surface area contributed by atoms with Crippen LogP contribution in [0.15, 0.2) is 30.7 Å². The van der Waals surface area contributed by atoms with Crippen LogP contribution >= 0.6 is 0 Å². The second-order valence-corrected chi connectivity index (χ2v) is 13.7. The quantitative estimate of drug-likeness (QED) is 0.285. The van der Waals surface area contributed by atoms with Crippen LogP contribution in [0.2, 0.25) is 0 Å². The fourth-order valence-electron chi connectivity index (χ4n) is 5.16. The number of nitrogens with zero attached hydrogens (tertiary/aromatic N) is 6. The third-order valence-corrected chi connectivity index (χ3v) is 7.61. The standard InChI is InChI=1S/C28H37N9O5S/c1-17-14-37-16-23(32-25(37)21(30-17)13-29-43(6,40)41)33-26(38)19-7-8-22(20-15-35(5)34-24(19)20)36-11-9-18(10-12-36)31-27(39)42-28(2,3)4/h7-8,14-16,18,29H,9-13H2,1-6H3,(H,31,39)(H,33,38). The third-order valence-electron chi connectivity index (χ3n) is 6.94. The maximum atomic E-state index is 13.5. The van der Waals surface area contributed by atoms with Crippen LogP contribution in [0.3, 0.4) is 0 Å². The van der Waals surface area contributed by atoms with Gasteiger partial charge in [0, 0.05) is 49.6 Å². The first-order chi connectivity index (χ1) is 20.1. The highest BCUT2D eigenvalue weighted by atomic mass is 32.2. The van der Waals surface area contributed by atoms with Crippen LogP contribution in [0.5, 0.6) is 0 Å². The minimum absolute atomic E-state index is 0.0210. The van der Waals surface area contributed by atoms with Crippen molar-refractivity contribution < 1.29 is 22.7 Å². The lowest BCUT2D eigenvalue weighted by Crippen LogP contribution is -2.46. The fraction of sp³-hybridized carbons (Fsp3) is 0.464. The molecule has 1 aliphatic heterocycles. The van der Waals surface area contributed by atoms with E-state index in [9.17, 15) is 18.0 Å². The lowest BCUT2D eigenvalue weighted by Gasteiger charge is -2.34. The molecule has 0 radical (unpaired) electrons. The van der Waals surface area contributed by atoms with Crippen molar-refractivity contribution in [1.82, 2.24) is 34.2 Å². The summed E-state index contributed by atoms with van der Waals surface area (Å²) in [5.74, 6) is -0.0786. The number of carbonyl (C=O) groups is 2. The average molecular weight is 612 g/mol. The molecule has 14 nitrogen and oxygen atoms in total. The number of sulfonamides is 1. The van der Waals surface area contributed by atoms with E-state index in [2.05, 4.69) is 35.3 Å². The summed E-state index contributed by atoms with van der Waals surface area (Å²) < 4.78 is 34.4. The molecule has 0 atom stereocenters. The van der Waals surface area contributed by atoms with Gasteiger partial charge >= 0.3 is 6.09 Å². The summed E-state index contributed by atoms with van der Waals surface area (Å²) in [5.41, 5.74) is 2.91. The average Bonchev–Trinajstić information content (AvgIpc) is 3.47. The number of piperidine rings is 1. The number of aryl methyl sites for hydroxylation is 2. The van der Waals surface area contributed by atoms with Gasteiger partial charge in [-0.15, -0.1) is 0 Å². The zero-order chi connectivity index (χ0) is 31.1. The number of aromatic nitrogens is 5. The van der Waals surface area contributed by atoms with Crippen molar-refractivity contribution in [3.8, 4) is 0 Å². The van der Waals surface area contributed by atoms with E-state index in [1.54, 1.807) is 34.5 Å². The third kappa shape index (κ3) is 7.22. The van der Waals surface area contributed by atoms with Crippen LogP contribution in [-0.4, -0.2) is 75.6 Å². The maximum Gasteiger partial charge on any atom is 0.407 e. The van der Waals surface area contributed by atoms with Crippen molar-refractivity contribution in [2.75, 3.05) is 29.6 Å². The molecule has 0 bridgehead atoms. The van der Waals surface area contributed by atoms with E-state index in [0.29, 0.717) is 33.9 Å². The van der Waals surface area contributed by atoms with Crippen LogP contribution in [0.25, 0.3) is 16.6 Å². The summed E-state index contributed by atoms with van der Waals surface area (Å²) in [6.07, 6.45) is 7.49. The van der Waals surface area contributed by atoms with Gasteiger partial charge in [-0.25, -0.2) is 22.9 Å². The Labute approximate surface area is 249 Å². The zero-order valence-corrected chi connectivity index (χ0v) is 25.9. The van der Waals surface area contributed by atoms with Crippen LogP contribution < -0.4 is 20.3 Å². The van der Waals surface area contributed by atoms with Crippen LogP contribution in [0, 0.1) is 6.92 Å². The van der Waals surface area contributed by atoms with Gasteiger partial charge in [0.25, 0.3) is 5.91 Å². The largest absolute Gasteiger partial charge is 0.444 e. The molecule has 4 heterocycles. The molecule has 0 unspecified atom stereocenters. The Hall–Kier alpha value is -4.24. The molecule has 5 rings (SSSR count). The summed E-state index contributed by atoms with van der Waals surface area (Å²) in [4.78, 5) is 36.8. The number of fused-ring (bicyclic) bond motifs is 2. The molecule has 0 spiro atoms. The monoisotopic (exact) mass is 611 g/mol. The number of rotatable bonds is 7. The van der Waals surface area contributed by atoms with Gasteiger partial charge in [-0.3, -0.25) is 14.5 Å². The van der Waals surface area contributed by atoms with E-state index < -0.39 is 21.7 Å². The van der Waals surface area contributed by atoms with Crippen LogP contribution in [0.4, 0.5) is 16.3 Å². The number of anilines is 2. The molecule has 43 heavy (non-hydrogen) atoms. The topological polar surface area (TPSA) is 165 Å². The lowest BCUT2D eigenvalue weighted by atomic mass is 10.0. The Balaban J connectivity index is 1.33. The van der Waals surface area contributed by atoms with Gasteiger partial charge < -0.3 is 24.7 Å². The highest BCUT2D eigenvalue weighted by Gasteiger charge is 2.26. The normalized spacial score (nSPS) is 14.8. The van der Waals surface area contributed by atoms with Gasteiger partial charge in [-0.2, -0.15) is 5.10 Å². The molecule has 3 aromatic heterocycles. The van der Waals surface area contributed by atoms with E-state index in [1.807, 2.05) is 40.1 Å². The maximum absolute atomic E-state index is 13.5. The second kappa shape index (κ2) is 11.4. The van der Waals surface area contributed by atoms with E-state index in [-0.39, 0.29) is 18.5 Å². The van der Waals surface area contributed by atoms with Gasteiger partial charge in [0.05, 0.1) is 35.9 Å². The highest BCUT2D eigenvalue weighted by Crippen LogP contribution is 2.31. The number of nitrogens with one attached hydrogen (secondary N) is 3. The van der Waals surface area contributed by atoms with Gasteiger partial charge in [0.15, 0.2) is 11.5 Å². The number of carbonyl (C=O) groups excluding carboxylic acids is 2. The van der Waals surface area contributed by atoms with Gasteiger partial charge in [0.1, 0.15) is 11.1 Å². The zero-order valence-electron chi connectivity index (χ0n) is 25.1. The van der Waals surface area contributed by atoms with Crippen molar-refractivity contribution in [2.45, 2.75) is 58.7 Å². The molecule has 230 valence electrons. The summed E-state index contributed by atoms with van der Waals surface area (Å²) in [7, 11) is -1.62. The molecule has 0 aliphatic carbocycles. The minimum atomic E-state index is -3.43. The number of amides is 2. The minimum Gasteiger partial charge on any atom is -0.444 e. The Morgan fingerprint density at radius 2 is 1.81 bits per heavy atom. The molecular formula is C28H37N9O5S. The van der Waals surface area contributed by atoms with E-state index in [0.717, 1.165) is 43.3 Å². The Morgan fingerprint density at radius 1 is 1.09 bits per heavy atom. The molecule has 0 saturated carbocycles. The van der Waals surface area contributed by atoms with Crippen molar-refractivity contribution in [2.24, 2.45) is 7.05 Å². The highest BCUT2D eigenvalue weighted by molar-refractivity contribution is 7.88. The number of alkyl carbamates (subject to hydrolysis) is 1. The SMILES string of the molecule is Cc1cn2cc(NC(=O)c3ccc(N4CCC(NC(=O)OC(C)(C)C)CC4)c4cn(C)nc34)nc2c(CNS(C)(=O)=O)n1. The number of benzene rings is 1. The van der Waals surface area contributed by atoms with Gasteiger partial charge in [0.2, 0.25) is 10.0 Å². The number of hydrogen-bond donors (Lipinski definition) is 3. The van der Waals surface area contributed by atoms with Crippen molar-refractivity contribution in [3.63, 3.8) is 0 Å². The summed E-state index contributed by atoms with van der Waals surface area (Å²) in [6.45, 7) is 8.73. The molecule has 1 aromatic carbocycles. The Bertz CT molecular complexity index is 1800. The molecule has 3 N–H and O–H groups in total.